The van der Waals surface area contributed by atoms with Gasteiger partial charge in [-0.3, -0.25) is 9.88 Å². The van der Waals surface area contributed by atoms with Crippen LogP contribution in [0.5, 0.6) is 0 Å². The van der Waals surface area contributed by atoms with Gasteiger partial charge in [0.25, 0.3) is 0 Å². The third-order valence-electron chi connectivity index (χ3n) is 3.70. The summed E-state index contributed by atoms with van der Waals surface area (Å²) >= 11 is 3.47. The first-order valence-electron chi connectivity index (χ1n) is 7.23. The molecule has 2 heterocycles. The van der Waals surface area contributed by atoms with Crippen molar-refractivity contribution in [2.75, 3.05) is 26.2 Å². The Morgan fingerprint density at radius 2 is 1.86 bits per heavy atom. The second-order valence-electron chi connectivity index (χ2n) is 5.67. The standard InChI is InChI=1S/C15H24BrN3.2ClH/c1-12(2)3-6-15(19-9-7-17-8-10-19)14-5-4-13(16)11-18-14;;/h4-5,11-12,15,17H,3,6-10H2,1-2H3;2*1H/t15-;;/m1../s1. The summed E-state index contributed by atoms with van der Waals surface area (Å²) in [5, 5.41) is 3.43. The van der Waals surface area contributed by atoms with Gasteiger partial charge in [-0.1, -0.05) is 13.8 Å². The zero-order valence-electron chi connectivity index (χ0n) is 12.7. The van der Waals surface area contributed by atoms with Gasteiger partial charge in [-0.05, 0) is 46.8 Å². The second kappa shape index (κ2) is 10.8. The van der Waals surface area contributed by atoms with Gasteiger partial charge in [0.15, 0.2) is 0 Å². The van der Waals surface area contributed by atoms with Crippen LogP contribution < -0.4 is 5.32 Å². The SMILES string of the molecule is CC(C)CC[C@H](c1ccc(Br)cn1)N1CCNCC1.Cl.Cl. The molecular weight excluding hydrogens is 373 g/mol. The zero-order valence-corrected chi connectivity index (χ0v) is 15.9. The molecule has 0 bridgehead atoms. The van der Waals surface area contributed by atoms with Crippen LogP contribution in [-0.4, -0.2) is 36.1 Å². The van der Waals surface area contributed by atoms with E-state index in [9.17, 15) is 0 Å². The Labute approximate surface area is 149 Å². The first-order chi connectivity index (χ1) is 9.16. The minimum absolute atomic E-state index is 0. The van der Waals surface area contributed by atoms with Crippen LogP contribution in [0.1, 0.15) is 38.4 Å². The highest BCUT2D eigenvalue weighted by molar-refractivity contribution is 9.10. The van der Waals surface area contributed by atoms with Gasteiger partial charge in [0.2, 0.25) is 0 Å². The molecule has 2 rings (SSSR count). The smallest absolute Gasteiger partial charge is 0.0576 e. The quantitative estimate of drug-likeness (QED) is 0.810. The van der Waals surface area contributed by atoms with Gasteiger partial charge in [0.1, 0.15) is 0 Å². The van der Waals surface area contributed by atoms with Crippen molar-refractivity contribution >= 4 is 40.7 Å². The maximum absolute atomic E-state index is 4.62. The van der Waals surface area contributed by atoms with Crippen molar-refractivity contribution in [1.82, 2.24) is 15.2 Å². The molecular formula is C15H26BrCl2N3. The fourth-order valence-corrected chi connectivity index (χ4v) is 2.82. The van der Waals surface area contributed by atoms with Crippen LogP contribution in [0.3, 0.4) is 0 Å². The molecule has 3 nitrogen and oxygen atoms in total. The van der Waals surface area contributed by atoms with Crippen molar-refractivity contribution in [3.8, 4) is 0 Å². The number of rotatable bonds is 5. The molecule has 0 saturated carbocycles. The van der Waals surface area contributed by atoms with E-state index in [2.05, 4.69) is 57.1 Å². The molecule has 122 valence electrons. The zero-order chi connectivity index (χ0) is 13.7. The summed E-state index contributed by atoms with van der Waals surface area (Å²) < 4.78 is 1.05. The monoisotopic (exact) mass is 397 g/mol. The summed E-state index contributed by atoms with van der Waals surface area (Å²) in [6, 6.07) is 4.74. The van der Waals surface area contributed by atoms with Gasteiger partial charge in [-0.25, -0.2) is 0 Å². The summed E-state index contributed by atoms with van der Waals surface area (Å²) in [6.45, 7) is 9.03. The molecule has 0 amide bonds. The molecule has 6 heteroatoms. The fraction of sp³-hybridized carbons (Fsp3) is 0.667. The molecule has 1 aromatic heterocycles. The van der Waals surface area contributed by atoms with Crippen molar-refractivity contribution in [1.29, 1.82) is 0 Å². The minimum Gasteiger partial charge on any atom is -0.314 e. The Hall–Kier alpha value is 0.130. The minimum atomic E-state index is 0. The van der Waals surface area contributed by atoms with Crippen LogP contribution >= 0.6 is 40.7 Å². The maximum Gasteiger partial charge on any atom is 0.0576 e. The molecule has 1 N–H and O–H groups in total. The highest BCUT2D eigenvalue weighted by Crippen LogP contribution is 2.27. The third kappa shape index (κ3) is 6.83. The normalized spacial score (nSPS) is 17.0. The van der Waals surface area contributed by atoms with E-state index in [-0.39, 0.29) is 24.8 Å². The van der Waals surface area contributed by atoms with Crippen LogP contribution in [0.25, 0.3) is 0 Å². The van der Waals surface area contributed by atoms with Crippen LogP contribution in [0.2, 0.25) is 0 Å². The van der Waals surface area contributed by atoms with Crippen molar-refractivity contribution in [2.24, 2.45) is 5.92 Å². The number of nitrogens with one attached hydrogen (secondary N) is 1. The summed E-state index contributed by atoms with van der Waals surface area (Å²) in [5.41, 5.74) is 1.21. The first kappa shape index (κ1) is 21.1. The lowest BCUT2D eigenvalue weighted by atomic mass is 9.99. The van der Waals surface area contributed by atoms with Gasteiger partial charge >= 0.3 is 0 Å². The Kier molecular flexibility index (Phi) is 10.9. The largest absolute Gasteiger partial charge is 0.314 e. The highest BCUT2D eigenvalue weighted by atomic mass is 79.9. The van der Waals surface area contributed by atoms with Crippen molar-refractivity contribution in [2.45, 2.75) is 32.7 Å². The van der Waals surface area contributed by atoms with E-state index in [1.165, 1.54) is 18.5 Å². The first-order valence-corrected chi connectivity index (χ1v) is 8.02. The molecule has 1 aliphatic rings. The number of piperazine rings is 1. The van der Waals surface area contributed by atoms with Crippen molar-refractivity contribution < 1.29 is 0 Å². The summed E-state index contributed by atoms with van der Waals surface area (Å²) in [5.74, 6) is 0.751. The van der Waals surface area contributed by atoms with Crippen LogP contribution in [0, 0.1) is 5.92 Å². The van der Waals surface area contributed by atoms with Gasteiger partial charge in [-0.15, -0.1) is 24.8 Å². The number of pyridine rings is 1. The van der Waals surface area contributed by atoms with Crippen LogP contribution in [0.15, 0.2) is 22.8 Å². The molecule has 0 spiro atoms. The maximum atomic E-state index is 4.62. The van der Waals surface area contributed by atoms with Crippen molar-refractivity contribution in [3.63, 3.8) is 0 Å². The average molecular weight is 399 g/mol. The molecule has 0 unspecified atom stereocenters. The molecule has 0 aromatic carbocycles. The van der Waals surface area contributed by atoms with E-state index in [1.54, 1.807) is 0 Å². The van der Waals surface area contributed by atoms with E-state index in [1.807, 2.05) is 6.20 Å². The third-order valence-corrected chi connectivity index (χ3v) is 4.17. The Morgan fingerprint density at radius 3 is 2.38 bits per heavy atom. The van der Waals surface area contributed by atoms with Gasteiger partial charge in [0.05, 0.1) is 11.7 Å². The Bertz CT molecular complexity index is 381. The number of hydrogen-bond acceptors (Lipinski definition) is 3. The van der Waals surface area contributed by atoms with E-state index in [0.29, 0.717) is 6.04 Å². The van der Waals surface area contributed by atoms with Gasteiger partial charge < -0.3 is 5.32 Å². The number of nitrogens with zero attached hydrogens (tertiary/aromatic N) is 2. The second-order valence-corrected chi connectivity index (χ2v) is 6.59. The number of aromatic nitrogens is 1. The van der Waals surface area contributed by atoms with Gasteiger partial charge in [0, 0.05) is 36.8 Å². The van der Waals surface area contributed by atoms with Crippen LogP contribution in [0.4, 0.5) is 0 Å². The molecule has 1 saturated heterocycles. The highest BCUT2D eigenvalue weighted by Gasteiger charge is 2.23. The molecule has 1 aromatic rings. The fourth-order valence-electron chi connectivity index (χ4n) is 2.59. The van der Waals surface area contributed by atoms with E-state index in [0.717, 1.165) is 36.6 Å². The van der Waals surface area contributed by atoms with Crippen LogP contribution in [-0.2, 0) is 0 Å². The number of hydrogen-bond donors (Lipinski definition) is 1. The number of halogens is 3. The van der Waals surface area contributed by atoms with E-state index >= 15 is 0 Å². The Morgan fingerprint density at radius 1 is 1.19 bits per heavy atom. The predicted octanol–water partition coefficient (Wildman–Crippen LogP) is 4.07. The summed E-state index contributed by atoms with van der Waals surface area (Å²) in [6.07, 6.45) is 4.37. The van der Waals surface area contributed by atoms with E-state index < -0.39 is 0 Å². The lowest BCUT2D eigenvalue weighted by Crippen LogP contribution is -2.45. The lowest BCUT2D eigenvalue weighted by Gasteiger charge is -2.35. The molecule has 1 atom stereocenters. The molecule has 0 radical (unpaired) electrons. The predicted molar refractivity (Wildman–Crippen MR) is 97.7 cm³/mol. The molecule has 21 heavy (non-hydrogen) atoms. The molecule has 1 aliphatic heterocycles. The summed E-state index contributed by atoms with van der Waals surface area (Å²) in [4.78, 5) is 7.20. The van der Waals surface area contributed by atoms with Gasteiger partial charge in [-0.2, -0.15) is 0 Å². The molecule has 1 fully saturated rings. The Balaban J connectivity index is 0.00000200. The van der Waals surface area contributed by atoms with E-state index in [4.69, 9.17) is 0 Å². The molecule has 0 aliphatic carbocycles. The van der Waals surface area contributed by atoms with Crippen molar-refractivity contribution in [3.05, 3.63) is 28.5 Å². The topological polar surface area (TPSA) is 28.2 Å². The average Bonchev–Trinajstić information content (AvgIpc) is 2.42. The summed E-state index contributed by atoms with van der Waals surface area (Å²) in [7, 11) is 0. The lowest BCUT2D eigenvalue weighted by molar-refractivity contribution is 0.156.